The molecule has 0 aromatic rings. The predicted molar refractivity (Wildman–Crippen MR) is 73.7 cm³/mol. The summed E-state index contributed by atoms with van der Waals surface area (Å²) in [6.07, 6.45) is 6.25. The second-order valence-corrected chi connectivity index (χ2v) is 8.14. The monoisotopic (exact) mass is 277 g/mol. The third-order valence-corrected chi connectivity index (χ3v) is 4.61. The normalized spacial score (nSPS) is 20.9. The van der Waals surface area contributed by atoms with E-state index >= 15 is 0 Å². The summed E-state index contributed by atoms with van der Waals surface area (Å²) in [4.78, 5) is 0. The molecule has 0 radical (unpaired) electrons. The first-order valence-electron chi connectivity index (χ1n) is 6.80. The Kier molecular flexibility index (Phi) is 5.62. The van der Waals surface area contributed by atoms with Gasteiger partial charge in [0.2, 0.25) is 10.0 Å². The lowest BCUT2D eigenvalue weighted by molar-refractivity contribution is -0.00889. The Morgan fingerprint density at radius 1 is 1.22 bits per heavy atom. The third kappa shape index (κ3) is 6.16. The molecule has 0 saturated heterocycles. The molecule has 4 nitrogen and oxygen atoms in total. The van der Waals surface area contributed by atoms with Gasteiger partial charge in [-0.3, -0.25) is 0 Å². The number of hydrogen-bond acceptors (Lipinski definition) is 3. The highest BCUT2D eigenvalue weighted by atomic mass is 32.2. The minimum atomic E-state index is -3.44. The number of ether oxygens (including phenoxy) is 1. The van der Waals surface area contributed by atoms with Crippen molar-refractivity contribution in [1.82, 2.24) is 0 Å². The topological polar surface area (TPSA) is 69.4 Å². The summed E-state index contributed by atoms with van der Waals surface area (Å²) < 4.78 is 28.4. The molecule has 0 aromatic heterocycles. The van der Waals surface area contributed by atoms with Gasteiger partial charge in [-0.2, -0.15) is 0 Å². The average Bonchev–Trinajstić information content (AvgIpc) is 2.22. The lowest BCUT2D eigenvalue weighted by Gasteiger charge is -2.32. The van der Waals surface area contributed by atoms with Crippen molar-refractivity contribution in [2.24, 2.45) is 16.5 Å². The molecule has 1 fully saturated rings. The third-order valence-electron chi connectivity index (χ3n) is 3.74. The van der Waals surface area contributed by atoms with Gasteiger partial charge in [-0.05, 0) is 18.3 Å². The van der Waals surface area contributed by atoms with Gasteiger partial charge in [-0.15, -0.1) is 0 Å². The largest absolute Gasteiger partial charge is 0.378 e. The van der Waals surface area contributed by atoms with Crippen LogP contribution in [0.5, 0.6) is 0 Å². The van der Waals surface area contributed by atoms with E-state index in [4.69, 9.17) is 9.88 Å². The molecule has 0 bridgehead atoms. The van der Waals surface area contributed by atoms with Crippen LogP contribution >= 0.6 is 0 Å². The number of sulfonamides is 1. The molecule has 1 saturated carbocycles. The van der Waals surface area contributed by atoms with Crippen LogP contribution < -0.4 is 5.14 Å². The van der Waals surface area contributed by atoms with Crippen molar-refractivity contribution in [3.63, 3.8) is 0 Å². The van der Waals surface area contributed by atoms with Crippen LogP contribution in [0.25, 0.3) is 0 Å². The molecule has 1 rings (SSSR count). The van der Waals surface area contributed by atoms with Crippen molar-refractivity contribution < 1.29 is 13.2 Å². The van der Waals surface area contributed by atoms with Crippen molar-refractivity contribution in [1.29, 1.82) is 0 Å². The molecule has 18 heavy (non-hydrogen) atoms. The molecule has 108 valence electrons. The van der Waals surface area contributed by atoms with Gasteiger partial charge in [0.1, 0.15) is 0 Å². The van der Waals surface area contributed by atoms with E-state index < -0.39 is 10.0 Å². The van der Waals surface area contributed by atoms with Crippen LogP contribution in [0.4, 0.5) is 0 Å². The van der Waals surface area contributed by atoms with E-state index in [0.29, 0.717) is 12.7 Å². The summed E-state index contributed by atoms with van der Waals surface area (Å²) in [6, 6.07) is 0. The van der Waals surface area contributed by atoms with Crippen LogP contribution in [-0.2, 0) is 14.8 Å². The van der Waals surface area contributed by atoms with E-state index in [2.05, 4.69) is 0 Å². The zero-order chi connectivity index (χ0) is 13.8. The maximum atomic E-state index is 11.3. The van der Waals surface area contributed by atoms with Crippen molar-refractivity contribution in [3.05, 3.63) is 0 Å². The second-order valence-electron chi connectivity index (χ2n) is 6.49. The Bertz CT molecular complexity index is 340. The summed E-state index contributed by atoms with van der Waals surface area (Å²) >= 11 is 0. The van der Waals surface area contributed by atoms with E-state index in [1.54, 1.807) is 0 Å². The van der Waals surface area contributed by atoms with Crippen molar-refractivity contribution in [2.45, 2.75) is 59.0 Å². The fourth-order valence-electron chi connectivity index (χ4n) is 2.31. The minimum absolute atomic E-state index is 0.00319. The molecule has 1 aliphatic carbocycles. The van der Waals surface area contributed by atoms with Gasteiger partial charge in [0.25, 0.3) is 0 Å². The number of hydrogen-bond donors (Lipinski definition) is 1. The Morgan fingerprint density at radius 3 is 2.22 bits per heavy atom. The lowest BCUT2D eigenvalue weighted by Crippen LogP contribution is -2.36. The minimum Gasteiger partial charge on any atom is -0.378 e. The molecule has 0 heterocycles. The maximum absolute atomic E-state index is 11.3. The van der Waals surface area contributed by atoms with Gasteiger partial charge in [-0.1, -0.05) is 40.0 Å². The fourth-order valence-corrected chi connectivity index (χ4v) is 3.47. The molecular formula is C13H27NO3S. The molecule has 0 aliphatic heterocycles. The van der Waals surface area contributed by atoms with Crippen LogP contribution in [0.2, 0.25) is 0 Å². The SMILES string of the molecule is CC(C)(C)C(COC1CCCCC1)CS(N)(=O)=O. The summed E-state index contributed by atoms with van der Waals surface area (Å²) in [7, 11) is -3.44. The van der Waals surface area contributed by atoms with Crippen LogP contribution in [0.3, 0.4) is 0 Å². The molecule has 0 aromatic carbocycles. The van der Waals surface area contributed by atoms with Crippen LogP contribution in [-0.4, -0.2) is 26.9 Å². The van der Waals surface area contributed by atoms with Crippen molar-refractivity contribution >= 4 is 10.0 Å². The first kappa shape index (κ1) is 15.9. The van der Waals surface area contributed by atoms with Crippen LogP contribution in [0.15, 0.2) is 0 Å². The van der Waals surface area contributed by atoms with Crippen LogP contribution in [0, 0.1) is 11.3 Å². The zero-order valence-electron chi connectivity index (χ0n) is 11.8. The fraction of sp³-hybridized carbons (Fsp3) is 1.00. The van der Waals surface area contributed by atoms with Gasteiger partial charge in [0, 0.05) is 5.92 Å². The van der Waals surface area contributed by atoms with E-state index in [1.165, 1.54) is 19.3 Å². The van der Waals surface area contributed by atoms with E-state index in [-0.39, 0.29) is 17.1 Å². The zero-order valence-corrected chi connectivity index (χ0v) is 12.6. The summed E-state index contributed by atoms with van der Waals surface area (Å²) in [5, 5.41) is 5.16. The van der Waals surface area contributed by atoms with E-state index in [1.807, 2.05) is 20.8 Å². The van der Waals surface area contributed by atoms with Gasteiger partial charge >= 0.3 is 0 Å². The first-order chi connectivity index (χ1) is 8.18. The van der Waals surface area contributed by atoms with Gasteiger partial charge in [0.15, 0.2) is 0 Å². The average molecular weight is 277 g/mol. The lowest BCUT2D eigenvalue weighted by atomic mass is 9.82. The molecule has 1 atom stereocenters. The smallest absolute Gasteiger partial charge is 0.209 e. The van der Waals surface area contributed by atoms with Crippen molar-refractivity contribution in [2.75, 3.05) is 12.4 Å². The molecule has 0 amide bonds. The Morgan fingerprint density at radius 2 is 1.78 bits per heavy atom. The molecule has 1 aliphatic rings. The molecule has 2 N–H and O–H groups in total. The molecule has 1 unspecified atom stereocenters. The second kappa shape index (κ2) is 6.35. The van der Waals surface area contributed by atoms with Crippen LogP contribution in [0.1, 0.15) is 52.9 Å². The van der Waals surface area contributed by atoms with Gasteiger partial charge in [0.05, 0.1) is 18.5 Å². The molecule has 0 spiro atoms. The Labute approximate surface area is 111 Å². The highest BCUT2D eigenvalue weighted by Crippen LogP contribution is 2.29. The molecular weight excluding hydrogens is 250 g/mol. The standard InChI is InChI=1S/C13H27NO3S/c1-13(2,3)11(10-18(14,15)16)9-17-12-7-5-4-6-8-12/h11-12H,4-10H2,1-3H3,(H2,14,15,16). The molecule has 5 heteroatoms. The highest BCUT2D eigenvalue weighted by molar-refractivity contribution is 7.89. The quantitative estimate of drug-likeness (QED) is 0.838. The summed E-state index contributed by atoms with van der Waals surface area (Å²) in [5.41, 5.74) is -0.110. The summed E-state index contributed by atoms with van der Waals surface area (Å²) in [6.45, 7) is 6.60. The summed E-state index contributed by atoms with van der Waals surface area (Å²) in [5.74, 6) is -0.0436. The number of primary sulfonamides is 1. The van der Waals surface area contributed by atoms with Gasteiger partial charge < -0.3 is 4.74 Å². The number of rotatable bonds is 5. The Balaban J connectivity index is 2.51. The van der Waals surface area contributed by atoms with Crippen molar-refractivity contribution in [3.8, 4) is 0 Å². The van der Waals surface area contributed by atoms with Gasteiger partial charge in [-0.25, -0.2) is 13.6 Å². The van der Waals surface area contributed by atoms with E-state index in [0.717, 1.165) is 12.8 Å². The predicted octanol–water partition coefficient (Wildman–Crippen LogP) is 2.29. The highest BCUT2D eigenvalue weighted by Gasteiger charge is 2.29. The number of nitrogens with two attached hydrogens (primary N) is 1. The maximum Gasteiger partial charge on any atom is 0.209 e. The Hall–Kier alpha value is -0.130. The first-order valence-corrected chi connectivity index (χ1v) is 8.52. The van der Waals surface area contributed by atoms with E-state index in [9.17, 15) is 8.42 Å².